The van der Waals surface area contributed by atoms with E-state index in [1.165, 1.54) is 19.4 Å². The normalized spacial score (nSPS) is 20.6. The molecule has 2 aromatic rings. The van der Waals surface area contributed by atoms with Gasteiger partial charge in [-0.1, -0.05) is 0 Å². The molecule has 1 atom stereocenters. The molecule has 3 aliphatic heterocycles. The van der Waals surface area contributed by atoms with Crippen LogP contribution in [0.5, 0.6) is 17.2 Å². The van der Waals surface area contributed by atoms with Gasteiger partial charge in [-0.05, 0) is 75.0 Å². The number of aryl methyl sites for hydroxylation is 1. The summed E-state index contributed by atoms with van der Waals surface area (Å²) in [6.45, 7) is 6.41. The van der Waals surface area contributed by atoms with Gasteiger partial charge in [0.15, 0.2) is 11.5 Å². The van der Waals surface area contributed by atoms with Crippen molar-refractivity contribution in [1.29, 1.82) is 0 Å². The van der Waals surface area contributed by atoms with Gasteiger partial charge in [0.1, 0.15) is 19.0 Å². The van der Waals surface area contributed by atoms with E-state index >= 15 is 0 Å². The molecule has 164 valence electrons. The number of carbonyl (C=O) groups excluding carboxylic acids is 1. The molecule has 3 aliphatic rings. The molecule has 0 unspecified atom stereocenters. The molecule has 1 saturated heterocycles. The van der Waals surface area contributed by atoms with Crippen molar-refractivity contribution in [3.05, 3.63) is 42.0 Å². The Bertz CT molecular complexity index is 961. The SMILES string of the molecule is C[C@@H]1CCCN1CCCOc1ccc2c(c1)CCC(=O)N2c1ccc2c(c1)OCCO2. The predicted octanol–water partition coefficient (Wildman–Crippen LogP) is 4.32. The van der Waals surface area contributed by atoms with Gasteiger partial charge in [0, 0.05) is 25.1 Å². The molecule has 0 saturated carbocycles. The lowest BCUT2D eigenvalue weighted by atomic mass is 10.00. The Kier molecular flexibility index (Phi) is 5.72. The molecule has 0 aliphatic carbocycles. The van der Waals surface area contributed by atoms with E-state index in [9.17, 15) is 4.79 Å². The second kappa shape index (κ2) is 8.79. The molecule has 0 aromatic heterocycles. The second-order valence-electron chi connectivity index (χ2n) is 8.58. The van der Waals surface area contributed by atoms with Crippen LogP contribution in [-0.4, -0.2) is 49.8 Å². The number of amides is 1. The third kappa shape index (κ3) is 4.22. The van der Waals surface area contributed by atoms with Crippen molar-refractivity contribution < 1.29 is 19.0 Å². The first-order valence-corrected chi connectivity index (χ1v) is 11.4. The fourth-order valence-corrected chi connectivity index (χ4v) is 4.79. The Morgan fingerprint density at radius 2 is 1.94 bits per heavy atom. The van der Waals surface area contributed by atoms with Crippen molar-refractivity contribution in [2.24, 2.45) is 0 Å². The average Bonchev–Trinajstić information content (AvgIpc) is 3.21. The van der Waals surface area contributed by atoms with Crippen LogP contribution in [0.3, 0.4) is 0 Å². The smallest absolute Gasteiger partial charge is 0.231 e. The lowest BCUT2D eigenvalue weighted by Crippen LogP contribution is -2.31. The van der Waals surface area contributed by atoms with Crippen LogP contribution in [0.1, 0.15) is 38.2 Å². The summed E-state index contributed by atoms with van der Waals surface area (Å²) in [5.41, 5.74) is 2.87. The van der Waals surface area contributed by atoms with E-state index in [1.54, 1.807) is 4.90 Å². The molecule has 0 spiro atoms. The summed E-state index contributed by atoms with van der Waals surface area (Å²) < 4.78 is 17.4. The van der Waals surface area contributed by atoms with Crippen LogP contribution in [0.4, 0.5) is 11.4 Å². The first kappa shape index (κ1) is 20.2. The molecule has 0 N–H and O–H groups in total. The van der Waals surface area contributed by atoms with Gasteiger partial charge >= 0.3 is 0 Å². The average molecular weight is 423 g/mol. The van der Waals surface area contributed by atoms with Crippen LogP contribution in [-0.2, 0) is 11.2 Å². The van der Waals surface area contributed by atoms with Crippen molar-refractivity contribution in [3.8, 4) is 17.2 Å². The first-order chi connectivity index (χ1) is 15.2. The highest BCUT2D eigenvalue weighted by Gasteiger charge is 2.27. The predicted molar refractivity (Wildman–Crippen MR) is 120 cm³/mol. The lowest BCUT2D eigenvalue weighted by Gasteiger charge is -2.30. The van der Waals surface area contributed by atoms with E-state index in [0.717, 1.165) is 47.8 Å². The quantitative estimate of drug-likeness (QED) is 0.649. The Hall–Kier alpha value is -2.73. The first-order valence-electron chi connectivity index (χ1n) is 11.4. The maximum Gasteiger partial charge on any atom is 0.231 e. The number of benzene rings is 2. The van der Waals surface area contributed by atoms with Gasteiger partial charge in [-0.25, -0.2) is 0 Å². The summed E-state index contributed by atoms with van der Waals surface area (Å²) in [4.78, 5) is 17.1. The molecule has 6 nitrogen and oxygen atoms in total. The van der Waals surface area contributed by atoms with Crippen LogP contribution in [0.2, 0.25) is 0 Å². The Morgan fingerprint density at radius 1 is 1.06 bits per heavy atom. The molecular weight excluding hydrogens is 392 g/mol. The summed E-state index contributed by atoms with van der Waals surface area (Å²) in [5.74, 6) is 2.39. The Labute approximate surface area is 183 Å². The maximum atomic E-state index is 12.8. The standard InChI is InChI=1S/C25H30N2O4/c1-18-4-2-11-26(18)12-3-13-29-21-7-8-22-19(16-21)5-10-25(28)27(22)20-6-9-23-24(17-20)31-15-14-30-23/h6-9,16-18H,2-5,10-15H2,1H3/t18-/m1/s1. The Morgan fingerprint density at radius 3 is 2.77 bits per heavy atom. The third-order valence-corrected chi connectivity index (χ3v) is 6.48. The molecule has 6 heteroatoms. The van der Waals surface area contributed by atoms with Gasteiger partial charge in [-0.15, -0.1) is 0 Å². The van der Waals surface area contributed by atoms with Gasteiger partial charge in [0.05, 0.1) is 18.0 Å². The van der Waals surface area contributed by atoms with Crippen LogP contribution in [0.25, 0.3) is 0 Å². The molecule has 5 rings (SSSR count). The summed E-state index contributed by atoms with van der Waals surface area (Å²) >= 11 is 0. The third-order valence-electron chi connectivity index (χ3n) is 6.48. The summed E-state index contributed by atoms with van der Waals surface area (Å²) in [5, 5.41) is 0. The molecule has 0 bridgehead atoms. The fourth-order valence-electron chi connectivity index (χ4n) is 4.79. The Balaban J connectivity index is 1.28. The van der Waals surface area contributed by atoms with Crippen molar-refractivity contribution >= 4 is 17.3 Å². The molecule has 31 heavy (non-hydrogen) atoms. The highest BCUT2D eigenvalue weighted by Crippen LogP contribution is 2.40. The van der Waals surface area contributed by atoms with Gasteiger partial charge < -0.3 is 19.1 Å². The van der Waals surface area contributed by atoms with Gasteiger partial charge in [-0.2, -0.15) is 0 Å². The monoisotopic (exact) mass is 422 g/mol. The number of anilines is 2. The maximum absolute atomic E-state index is 12.8. The number of ether oxygens (including phenoxy) is 3. The number of carbonyl (C=O) groups is 1. The number of fused-ring (bicyclic) bond motifs is 2. The molecule has 1 amide bonds. The molecule has 2 aromatic carbocycles. The van der Waals surface area contributed by atoms with Crippen molar-refractivity contribution in [3.63, 3.8) is 0 Å². The fraction of sp³-hybridized carbons (Fsp3) is 0.480. The minimum absolute atomic E-state index is 0.0950. The van der Waals surface area contributed by atoms with Crippen LogP contribution < -0.4 is 19.1 Å². The number of rotatable bonds is 6. The number of likely N-dealkylation sites (tertiary alicyclic amines) is 1. The molecular formula is C25H30N2O4. The van der Waals surface area contributed by atoms with E-state index in [-0.39, 0.29) is 5.91 Å². The minimum atomic E-state index is 0.0950. The van der Waals surface area contributed by atoms with E-state index in [4.69, 9.17) is 14.2 Å². The van der Waals surface area contributed by atoms with Crippen molar-refractivity contribution in [2.45, 2.75) is 45.1 Å². The second-order valence-corrected chi connectivity index (χ2v) is 8.58. The molecule has 3 heterocycles. The van der Waals surface area contributed by atoms with Gasteiger partial charge in [-0.3, -0.25) is 9.69 Å². The van der Waals surface area contributed by atoms with Crippen LogP contribution >= 0.6 is 0 Å². The zero-order valence-corrected chi connectivity index (χ0v) is 18.1. The summed E-state index contributed by atoms with van der Waals surface area (Å²) in [7, 11) is 0. The zero-order chi connectivity index (χ0) is 21.2. The zero-order valence-electron chi connectivity index (χ0n) is 18.1. The van der Waals surface area contributed by atoms with Gasteiger partial charge in [0.2, 0.25) is 5.91 Å². The van der Waals surface area contributed by atoms with Crippen molar-refractivity contribution in [2.75, 3.05) is 37.8 Å². The molecule has 1 fully saturated rings. The summed E-state index contributed by atoms with van der Waals surface area (Å²) in [6.07, 6.45) is 4.87. The van der Waals surface area contributed by atoms with E-state index < -0.39 is 0 Å². The van der Waals surface area contributed by atoms with Crippen molar-refractivity contribution in [1.82, 2.24) is 4.90 Å². The van der Waals surface area contributed by atoms with Crippen LogP contribution in [0.15, 0.2) is 36.4 Å². The largest absolute Gasteiger partial charge is 0.494 e. The highest BCUT2D eigenvalue weighted by atomic mass is 16.6. The van der Waals surface area contributed by atoms with Gasteiger partial charge in [0.25, 0.3) is 0 Å². The van der Waals surface area contributed by atoms with E-state index in [1.807, 2.05) is 30.3 Å². The number of hydrogen-bond acceptors (Lipinski definition) is 5. The minimum Gasteiger partial charge on any atom is -0.494 e. The number of hydrogen-bond donors (Lipinski definition) is 0. The number of nitrogens with zero attached hydrogens (tertiary/aromatic N) is 2. The lowest BCUT2D eigenvalue weighted by molar-refractivity contribution is -0.118. The highest BCUT2D eigenvalue weighted by molar-refractivity contribution is 6.03. The molecule has 0 radical (unpaired) electrons. The van der Waals surface area contributed by atoms with Crippen LogP contribution in [0, 0.1) is 0 Å². The summed E-state index contributed by atoms with van der Waals surface area (Å²) in [6, 6.07) is 12.5. The topological polar surface area (TPSA) is 51.2 Å². The van der Waals surface area contributed by atoms with E-state index in [0.29, 0.717) is 38.0 Å². The van der Waals surface area contributed by atoms with E-state index in [2.05, 4.69) is 17.9 Å².